The lowest BCUT2D eigenvalue weighted by Gasteiger charge is -2.08. The van der Waals surface area contributed by atoms with Crippen molar-refractivity contribution in [2.45, 2.75) is 13.0 Å². The predicted molar refractivity (Wildman–Crippen MR) is 58.6 cm³/mol. The Morgan fingerprint density at radius 3 is 2.71 bits per heavy atom. The van der Waals surface area contributed by atoms with Crippen molar-refractivity contribution >= 4 is 5.84 Å². The van der Waals surface area contributed by atoms with E-state index in [9.17, 15) is 0 Å². The quantitative estimate of drug-likeness (QED) is 0.718. The molecule has 1 atom stereocenters. The Labute approximate surface area is 84.0 Å². The number of nitrogens with zero attached hydrogens (tertiary/aromatic N) is 1. The molecule has 0 radical (unpaired) electrons. The van der Waals surface area contributed by atoms with Gasteiger partial charge >= 0.3 is 0 Å². The van der Waals surface area contributed by atoms with Crippen molar-refractivity contribution in [3.8, 4) is 0 Å². The van der Waals surface area contributed by atoms with Crippen LogP contribution in [0.5, 0.6) is 0 Å². The first-order valence-corrected chi connectivity index (χ1v) is 4.87. The van der Waals surface area contributed by atoms with Crippen molar-refractivity contribution in [3.63, 3.8) is 0 Å². The van der Waals surface area contributed by atoms with E-state index in [1.165, 1.54) is 5.56 Å². The summed E-state index contributed by atoms with van der Waals surface area (Å²) < 4.78 is 0. The van der Waals surface area contributed by atoms with Gasteiger partial charge in [0.15, 0.2) is 0 Å². The van der Waals surface area contributed by atoms with Gasteiger partial charge in [0.1, 0.15) is 5.84 Å². The zero-order valence-corrected chi connectivity index (χ0v) is 8.33. The maximum atomic E-state index is 5.56. The van der Waals surface area contributed by atoms with Gasteiger partial charge in [-0.25, -0.2) is 0 Å². The van der Waals surface area contributed by atoms with Crippen molar-refractivity contribution in [3.05, 3.63) is 35.4 Å². The maximum absolute atomic E-state index is 5.56. The van der Waals surface area contributed by atoms with E-state index >= 15 is 0 Å². The number of nitrogens with two attached hydrogens (primary N) is 1. The fourth-order valence-electron chi connectivity index (χ4n) is 1.51. The molecule has 1 unspecified atom stereocenters. The molecular weight excluding hydrogens is 174 g/mol. The van der Waals surface area contributed by atoms with Crippen LogP contribution in [-0.2, 0) is 0 Å². The van der Waals surface area contributed by atoms with Crippen LogP contribution >= 0.6 is 0 Å². The van der Waals surface area contributed by atoms with E-state index in [1.807, 2.05) is 0 Å². The molecule has 1 aromatic carbocycles. The standard InChI is InChI=1S/C11H15N3/c1-8-2-4-9(5-3-8)11-13-7-10(6-12)14-11/h2-5,10H,6-7,12H2,1H3,(H,13,14). The molecule has 1 aliphatic heterocycles. The van der Waals surface area contributed by atoms with E-state index in [0.29, 0.717) is 12.6 Å². The van der Waals surface area contributed by atoms with Crippen LogP contribution < -0.4 is 11.1 Å². The van der Waals surface area contributed by atoms with Gasteiger partial charge in [-0.2, -0.15) is 0 Å². The third kappa shape index (κ3) is 1.77. The molecule has 0 saturated heterocycles. The minimum absolute atomic E-state index is 0.311. The van der Waals surface area contributed by atoms with Gasteiger partial charge in [0.05, 0.1) is 12.6 Å². The maximum Gasteiger partial charge on any atom is 0.128 e. The summed E-state index contributed by atoms with van der Waals surface area (Å²) >= 11 is 0. The van der Waals surface area contributed by atoms with Crippen LogP contribution in [-0.4, -0.2) is 25.0 Å². The van der Waals surface area contributed by atoms with Gasteiger partial charge in [0, 0.05) is 12.1 Å². The molecule has 0 fully saturated rings. The van der Waals surface area contributed by atoms with E-state index in [1.54, 1.807) is 0 Å². The monoisotopic (exact) mass is 189 g/mol. The van der Waals surface area contributed by atoms with Gasteiger partial charge < -0.3 is 11.1 Å². The second-order valence-corrected chi connectivity index (χ2v) is 3.63. The van der Waals surface area contributed by atoms with Crippen LogP contribution in [0, 0.1) is 6.92 Å². The third-order valence-electron chi connectivity index (χ3n) is 2.42. The summed E-state index contributed by atoms with van der Waals surface area (Å²) in [6, 6.07) is 8.66. The Morgan fingerprint density at radius 1 is 1.43 bits per heavy atom. The molecule has 1 aliphatic rings. The minimum atomic E-state index is 0.311. The van der Waals surface area contributed by atoms with Crippen LogP contribution in [0.4, 0.5) is 0 Å². The second-order valence-electron chi connectivity index (χ2n) is 3.63. The van der Waals surface area contributed by atoms with Gasteiger partial charge in [-0.1, -0.05) is 29.8 Å². The minimum Gasteiger partial charge on any atom is -0.364 e. The fraction of sp³-hybridized carbons (Fsp3) is 0.364. The number of rotatable bonds is 2. The normalized spacial score (nSPS) is 20.4. The largest absolute Gasteiger partial charge is 0.364 e. The Bertz CT molecular complexity index is 340. The number of aryl methyl sites for hydroxylation is 1. The predicted octanol–water partition coefficient (Wildman–Crippen LogP) is 0.672. The van der Waals surface area contributed by atoms with Gasteiger partial charge in [0.25, 0.3) is 0 Å². The summed E-state index contributed by atoms with van der Waals surface area (Å²) in [4.78, 5) is 4.41. The molecule has 0 saturated carbocycles. The summed E-state index contributed by atoms with van der Waals surface area (Å²) in [6.07, 6.45) is 0. The summed E-state index contributed by atoms with van der Waals surface area (Å²) in [5.74, 6) is 0.973. The van der Waals surface area contributed by atoms with Gasteiger partial charge in [-0.15, -0.1) is 0 Å². The summed E-state index contributed by atoms with van der Waals surface area (Å²) in [5.41, 5.74) is 7.97. The molecule has 1 aromatic rings. The lowest BCUT2D eigenvalue weighted by Crippen LogP contribution is -2.36. The zero-order chi connectivity index (χ0) is 9.97. The summed E-state index contributed by atoms with van der Waals surface area (Å²) in [6.45, 7) is 3.51. The number of nitrogens with one attached hydrogen (secondary N) is 1. The van der Waals surface area contributed by atoms with E-state index < -0.39 is 0 Å². The van der Waals surface area contributed by atoms with Crippen molar-refractivity contribution in [2.24, 2.45) is 10.7 Å². The first-order valence-electron chi connectivity index (χ1n) is 4.87. The Kier molecular flexibility index (Phi) is 2.50. The lowest BCUT2D eigenvalue weighted by molar-refractivity contribution is 0.668. The molecule has 3 N–H and O–H groups in total. The molecule has 1 heterocycles. The highest BCUT2D eigenvalue weighted by Gasteiger charge is 2.16. The molecule has 0 bridgehead atoms. The van der Waals surface area contributed by atoms with Crippen LogP contribution in [0.2, 0.25) is 0 Å². The Hall–Kier alpha value is -1.35. The number of benzene rings is 1. The van der Waals surface area contributed by atoms with Crippen molar-refractivity contribution in [2.75, 3.05) is 13.1 Å². The van der Waals surface area contributed by atoms with Crippen molar-refractivity contribution in [1.82, 2.24) is 5.32 Å². The highest BCUT2D eigenvalue weighted by molar-refractivity contribution is 6.00. The Balaban J connectivity index is 2.13. The molecule has 0 amide bonds. The number of hydrogen-bond donors (Lipinski definition) is 2. The van der Waals surface area contributed by atoms with Crippen molar-refractivity contribution < 1.29 is 0 Å². The highest BCUT2D eigenvalue weighted by Crippen LogP contribution is 2.07. The molecule has 0 aromatic heterocycles. The lowest BCUT2D eigenvalue weighted by atomic mass is 10.1. The smallest absolute Gasteiger partial charge is 0.128 e. The van der Waals surface area contributed by atoms with Crippen LogP contribution in [0.1, 0.15) is 11.1 Å². The average Bonchev–Trinajstić information content (AvgIpc) is 2.67. The molecule has 2 rings (SSSR count). The molecule has 3 nitrogen and oxygen atoms in total. The summed E-state index contributed by atoms with van der Waals surface area (Å²) in [5, 5.41) is 3.30. The molecule has 0 spiro atoms. The number of hydrogen-bond acceptors (Lipinski definition) is 3. The molecule has 0 aliphatic carbocycles. The zero-order valence-electron chi connectivity index (χ0n) is 8.33. The SMILES string of the molecule is Cc1ccc(C2=NCC(CN)N2)cc1. The van der Waals surface area contributed by atoms with E-state index in [4.69, 9.17) is 5.73 Å². The topological polar surface area (TPSA) is 50.4 Å². The molecule has 74 valence electrons. The average molecular weight is 189 g/mol. The highest BCUT2D eigenvalue weighted by atomic mass is 15.1. The molecule has 3 heteroatoms. The number of aliphatic imine (C=N–C) groups is 1. The van der Waals surface area contributed by atoms with Crippen LogP contribution in [0.25, 0.3) is 0 Å². The van der Waals surface area contributed by atoms with Gasteiger partial charge in [-0.3, -0.25) is 4.99 Å². The Morgan fingerprint density at radius 2 is 2.14 bits per heavy atom. The first kappa shape index (κ1) is 9.21. The van der Waals surface area contributed by atoms with Gasteiger partial charge in [-0.05, 0) is 6.92 Å². The van der Waals surface area contributed by atoms with Crippen LogP contribution in [0.15, 0.2) is 29.3 Å². The van der Waals surface area contributed by atoms with Crippen molar-refractivity contribution in [1.29, 1.82) is 0 Å². The van der Waals surface area contributed by atoms with Gasteiger partial charge in [0.2, 0.25) is 0 Å². The fourth-order valence-corrected chi connectivity index (χ4v) is 1.51. The van der Waals surface area contributed by atoms with E-state index in [-0.39, 0.29) is 0 Å². The molecular formula is C11H15N3. The van der Waals surface area contributed by atoms with Crippen LogP contribution in [0.3, 0.4) is 0 Å². The van der Waals surface area contributed by atoms with E-state index in [0.717, 1.165) is 17.9 Å². The third-order valence-corrected chi connectivity index (χ3v) is 2.42. The summed E-state index contributed by atoms with van der Waals surface area (Å²) in [7, 11) is 0. The van der Waals surface area contributed by atoms with E-state index in [2.05, 4.69) is 41.5 Å². The molecule has 14 heavy (non-hydrogen) atoms. The second kappa shape index (κ2) is 3.80. The first-order chi connectivity index (χ1) is 6.79. The number of amidine groups is 1.